The van der Waals surface area contributed by atoms with Crippen molar-refractivity contribution in [1.82, 2.24) is 4.90 Å². The second kappa shape index (κ2) is 5.71. The molecule has 0 unspecified atom stereocenters. The molecule has 5 heteroatoms. The molecule has 1 amide bonds. The molecule has 0 saturated carbocycles. The molecule has 0 fully saturated rings. The van der Waals surface area contributed by atoms with Crippen LogP contribution < -0.4 is 10.5 Å². The minimum Gasteiger partial charge on any atom is -0.496 e. The van der Waals surface area contributed by atoms with Gasteiger partial charge in [-0.2, -0.15) is 0 Å². The molecule has 0 spiro atoms. The number of nitrogens with two attached hydrogens (primary N) is 1. The number of rotatable bonds is 4. The Balaban J connectivity index is 2.56. The van der Waals surface area contributed by atoms with Gasteiger partial charge in [-0.25, -0.2) is 0 Å². The number of carbonyl (C=O) groups excluding carboxylic acids is 1. The molecule has 0 aliphatic heterocycles. The highest BCUT2D eigenvalue weighted by molar-refractivity contribution is 7.21. The van der Waals surface area contributed by atoms with E-state index >= 15 is 0 Å². The monoisotopic (exact) mass is 292 g/mol. The van der Waals surface area contributed by atoms with Crippen molar-refractivity contribution in [2.24, 2.45) is 0 Å². The third-order valence-electron chi connectivity index (χ3n) is 3.35. The van der Waals surface area contributed by atoms with E-state index in [0.29, 0.717) is 22.9 Å². The zero-order valence-electron chi connectivity index (χ0n) is 12.3. The first-order valence-electron chi connectivity index (χ1n) is 6.67. The third-order valence-corrected chi connectivity index (χ3v) is 4.51. The van der Waals surface area contributed by atoms with Gasteiger partial charge in [0.05, 0.1) is 18.2 Å². The molecule has 1 aromatic heterocycles. The van der Waals surface area contributed by atoms with Crippen LogP contribution in [0.3, 0.4) is 0 Å². The van der Waals surface area contributed by atoms with Crippen LogP contribution in [0.1, 0.15) is 30.4 Å². The van der Waals surface area contributed by atoms with Crippen LogP contribution in [-0.2, 0) is 0 Å². The number of hydrogen-bond donors (Lipinski definition) is 1. The van der Waals surface area contributed by atoms with E-state index in [1.807, 2.05) is 43.9 Å². The first-order chi connectivity index (χ1) is 9.51. The summed E-state index contributed by atoms with van der Waals surface area (Å²) in [5, 5.41) is 0.836. The summed E-state index contributed by atoms with van der Waals surface area (Å²) in [6.45, 7) is 6.65. The number of carbonyl (C=O) groups is 1. The fourth-order valence-electron chi connectivity index (χ4n) is 2.34. The molecule has 0 atom stereocenters. The van der Waals surface area contributed by atoms with Gasteiger partial charge in [0.15, 0.2) is 0 Å². The van der Waals surface area contributed by atoms with Crippen LogP contribution in [0.15, 0.2) is 18.2 Å². The van der Waals surface area contributed by atoms with Gasteiger partial charge in [0.1, 0.15) is 10.6 Å². The van der Waals surface area contributed by atoms with E-state index in [0.717, 1.165) is 10.1 Å². The van der Waals surface area contributed by atoms with Crippen molar-refractivity contribution >= 4 is 33.0 Å². The number of thiophene rings is 1. The lowest BCUT2D eigenvalue weighted by Crippen LogP contribution is -2.36. The molecular weight excluding hydrogens is 272 g/mol. The number of methoxy groups -OCH3 is 1. The first-order valence-corrected chi connectivity index (χ1v) is 7.48. The standard InChI is InChI=1S/C15H20N2O2S/c1-5-17(9(2)3)15(18)14-13(16)12-10(19-4)7-6-8-11(12)20-14/h6-9H,5,16H2,1-4H3. The van der Waals surface area contributed by atoms with Crippen LogP contribution in [0.4, 0.5) is 5.69 Å². The van der Waals surface area contributed by atoms with E-state index in [-0.39, 0.29) is 11.9 Å². The number of hydrogen-bond acceptors (Lipinski definition) is 4. The molecule has 0 bridgehead atoms. The highest BCUT2D eigenvalue weighted by Gasteiger charge is 2.24. The second-order valence-corrected chi connectivity index (χ2v) is 5.92. The molecule has 4 nitrogen and oxygen atoms in total. The lowest BCUT2D eigenvalue weighted by molar-refractivity contribution is 0.0723. The first kappa shape index (κ1) is 14.7. The van der Waals surface area contributed by atoms with Crippen molar-refractivity contribution < 1.29 is 9.53 Å². The molecular formula is C15H20N2O2S. The van der Waals surface area contributed by atoms with Gasteiger partial charge in [-0.3, -0.25) is 4.79 Å². The van der Waals surface area contributed by atoms with Gasteiger partial charge in [-0.1, -0.05) is 6.07 Å². The Morgan fingerprint density at radius 2 is 2.15 bits per heavy atom. The fraction of sp³-hybridized carbons (Fsp3) is 0.400. The number of ether oxygens (including phenoxy) is 1. The molecule has 2 N–H and O–H groups in total. The topological polar surface area (TPSA) is 55.6 Å². The summed E-state index contributed by atoms with van der Waals surface area (Å²) >= 11 is 1.43. The Labute approximate surface area is 123 Å². The quantitative estimate of drug-likeness (QED) is 0.940. The van der Waals surface area contributed by atoms with Crippen LogP contribution in [0.2, 0.25) is 0 Å². The Bertz CT molecular complexity index is 634. The van der Waals surface area contributed by atoms with E-state index in [4.69, 9.17) is 10.5 Å². The number of nitrogen functional groups attached to an aromatic ring is 1. The molecule has 1 aromatic carbocycles. The highest BCUT2D eigenvalue weighted by atomic mass is 32.1. The van der Waals surface area contributed by atoms with Crippen LogP contribution in [0, 0.1) is 0 Å². The van der Waals surface area contributed by atoms with Gasteiger partial charge in [-0.05, 0) is 32.9 Å². The number of fused-ring (bicyclic) bond motifs is 1. The molecule has 1 heterocycles. The summed E-state index contributed by atoms with van der Waals surface area (Å²) in [7, 11) is 1.61. The zero-order valence-corrected chi connectivity index (χ0v) is 13.1. The fourth-order valence-corrected chi connectivity index (χ4v) is 3.44. The number of amides is 1. The predicted octanol–water partition coefficient (Wildman–Crippen LogP) is 3.36. The average molecular weight is 292 g/mol. The summed E-state index contributed by atoms with van der Waals surface area (Å²) < 4.78 is 6.31. The third kappa shape index (κ3) is 2.33. The Hall–Kier alpha value is -1.75. The van der Waals surface area contributed by atoms with E-state index in [1.54, 1.807) is 7.11 Å². The van der Waals surface area contributed by atoms with Gasteiger partial charge in [0, 0.05) is 17.3 Å². The lowest BCUT2D eigenvalue weighted by atomic mass is 10.2. The molecule has 0 aliphatic rings. The van der Waals surface area contributed by atoms with Crippen LogP contribution in [0.5, 0.6) is 5.75 Å². The SMILES string of the molecule is CCN(C(=O)c1sc2cccc(OC)c2c1N)C(C)C. The van der Waals surface area contributed by atoms with Crippen molar-refractivity contribution in [3.05, 3.63) is 23.1 Å². The van der Waals surface area contributed by atoms with Crippen molar-refractivity contribution in [3.63, 3.8) is 0 Å². The van der Waals surface area contributed by atoms with Crippen molar-refractivity contribution in [2.45, 2.75) is 26.8 Å². The normalized spacial score (nSPS) is 11.1. The average Bonchev–Trinajstić information content (AvgIpc) is 2.76. The Morgan fingerprint density at radius 3 is 2.70 bits per heavy atom. The summed E-state index contributed by atoms with van der Waals surface area (Å²) in [5.41, 5.74) is 6.71. The maximum Gasteiger partial charge on any atom is 0.266 e. The molecule has 108 valence electrons. The van der Waals surface area contributed by atoms with Crippen molar-refractivity contribution in [2.75, 3.05) is 19.4 Å². The van der Waals surface area contributed by atoms with E-state index in [1.165, 1.54) is 11.3 Å². The molecule has 0 radical (unpaired) electrons. The van der Waals surface area contributed by atoms with Crippen LogP contribution in [0.25, 0.3) is 10.1 Å². The minimum absolute atomic E-state index is 0.0109. The van der Waals surface area contributed by atoms with Gasteiger partial charge in [0.25, 0.3) is 5.91 Å². The highest BCUT2D eigenvalue weighted by Crippen LogP contribution is 2.40. The zero-order chi connectivity index (χ0) is 14.9. The Kier molecular flexibility index (Phi) is 4.18. The van der Waals surface area contributed by atoms with Crippen LogP contribution >= 0.6 is 11.3 Å². The summed E-state index contributed by atoms with van der Waals surface area (Å²) in [6.07, 6.45) is 0. The summed E-state index contributed by atoms with van der Waals surface area (Å²) in [6, 6.07) is 5.88. The van der Waals surface area contributed by atoms with Crippen molar-refractivity contribution in [1.29, 1.82) is 0 Å². The summed E-state index contributed by atoms with van der Waals surface area (Å²) in [5.74, 6) is 0.700. The van der Waals surface area contributed by atoms with Gasteiger partial charge in [0.2, 0.25) is 0 Å². The molecule has 20 heavy (non-hydrogen) atoms. The van der Waals surface area contributed by atoms with E-state index < -0.39 is 0 Å². The van der Waals surface area contributed by atoms with E-state index in [9.17, 15) is 4.79 Å². The number of anilines is 1. The Morgan fingerprint density at radius 1 is 1.45 bits per heavy atom. The number of benzene rings is 1. The van der Waals surface area contributed by atoms with Gasteiger partial charge < -0.3 is 15.4 Å². The minimum atomic E-state index is -0.0109. The van der Waals surface area contributed by atoms with Gasteiger partial charge >= 0.3 is 0 Å². The lowest BCUT2D eigenvalue weighted by Gasteiger charge is -2.24. The second-order valence-electron chi connectivity index (χ2n) is 4.86. The van der Waals surface area contributed by atoms with E-state index in [2.05, 4.69) is 0 Å². The van der Waals surface area contributed by atoms with Gasteiger partial charge in [-0.15, -0.1) is 11.3 Å². The molecule has 0 aliphatic carbocycles. The maximum absolute atomic E-state index is 12.6. The smallest absolute Gasteiger partial charge is 0.266 e. The van der Waals surface area contributed by atoms with Crippen LogP contribution in [-0.4, -0.2) is 30.5 Å². The molecule has 2 aromatic rings. The molecule has 0 saturated heterocycles. The predicted molar refractivity (Wildman–Crippen MR) is 84.6 cm³/mol. The largest absolute Gasteiger partial charge is 0.496 e. The number of nitrogens with zero attached hydrogens (tertiary/aromatic N) is 1. The van der Waals surface area contributed by atoms with Crippen molar-refractivity contribution in [3.8, 4) is 5.75 Å². The molecule has 2 rings (SSSR count). The summed E-state index contributed by atoms with van der Waals surface area (Å²) in [4.78, 5) is 15.0. The maximum atomic E-state index is 12.6.